The van der Waals surface area contributed by atoms with Crippen LogP contribution in [0.25, 0.3) is 0 Å². The lowest BCUT2D eigenvalue weighted by Gasteiger charge is -2.39. The third-order valence-electron chi connectivity index (χ3n) is 4.59. The van der Waals surface area contributed by atoms with Crippen LogP contribution in [0.2, 0.25) is 0 Å². The highest BCUT2D eigenvalue weighted by Gasteiger charge is 2.42. The largest absolute Gasteiger partial charge is 0.480 e. The van der Waals surface area contributed by atoms with Gasteiger partial charge in [-0.05, 0) is 19.8 Å². The SMILES string of the molecule is CC(O)N1CCN(C(=O)NC2(C(=O)O)CCCCC2)CC1. The van der Waals surface area contributed by atoms with Crippen molar-refractivity contribution in [3.8, 4) is 0 Å². The highest BCUT2D eigenvalue weighted by molar-refractivity contribution is 5.86. The van der Waals surface area contributed by atoms with Crippen LogP contribution < -0.4 is 5.32 Å². The topological polar surface area (TPSA) is 93.1 Å². The predicted molar refractivity (Wildman–Crippen MR) is 76.8 cm³/mol. The van der Waals surface area contributed by atoms with Gasteiger partial charge in [0.05, 0.1) is 0 Å². The van der Waals surface area contributed by atoms with Crippen LogP contribution in [-0.4, -0.2) is 70.0 Å². The summed E-state index contributed by atoms with van der Waals surface area (Å²) >= 11 is 0. The number of urea groups is 1. The first-order valence-corrected chi connectivity index (χ1v) is 7.67. The lowest BCUT2D eigenvalue weighted by molar-refractivity contribution is -0.146. The predicted octanol–water partition coefficient (Wildman–Crippen LogP) is 0.439. The minimum Gasteiger partial charge on any atom is -0.480 e. The van der Waals surface area contributed by atoms with E-state index in [1.165, 1.54) is 0 Å². The summed E-state index contributed by atoms with van der Waals surface area (Å²) in [6.07, 6.45) is 3.19. The van der Waals surface area contributed by atoms with Crippen LogP contribution >= 0.6 is 0 Å². The molecule has 1 atom stereocenters. The molecule has 7 heteroatoms. The Labute approximate surface area is 124 Å². The van der Waals surface area contributed by atoms with Crippen LogP contribution in [0.4, 0.5) is 4.79 Å². The zero-order valence-corrected chi connectivity index (χ0v) is 12.5. The van der Waals surface area contributed by atoms with Crippen molar-refractivity contribution in [2.45, 2.75) is 50.8 Å². The zero-order valence-electron chi connectivity index (χ0n) is 12.5. The summed E-state index contributed by atoms with van der Waals surface area (Å²) < 4.78 is 0. The normalized spacial score (nSPS) is 24.4. The van der Waals surface area contributed by atoms with Crippen molar-refractivity contribution in [1.29, 1.82) is 0 Å². The molecule has 0 bridgehead atoms. The van der Waals surface area contributed by atoms with Gasteiger partial charge in [-0.25, -0.2) is 9.59 Å². The molecule has 2 amide bonds. The number of carboxylic acids is 1. The van der Waals surface area contributed by atoms with Crippen molar-refractivity contribution < 1.29 is 19.8 Å². The highest BCUT2D eigenvalue weighted by atomic mass is 16.4. The van der Waals surface area contributed by atoms with Gasteiger partial charge in [-0.3, -0.25) is 4.90 Å². The molecule has 1 aliphatic heterocycles. The fourth-order valence-corrected chi connectivity index (χ4v) is 3.13. The Morgan fingerprint density at radius 3 is 2.14 bits per heavy atom. The van der Waals surface area contributed by atoms with E-state index in [-0.39, 0.29) is 6.03 Å². The van der Waals surface area contributed by atoms with E-state index < -0.39 is 17.7 Å². The number of nitrogens with zero attached hydrogens (tertiary/aromatic N) is 2. The number of carbonyl (C=O) groups excluding carboxylic acids is 1. The Hall–Kier alpha value is -1.34. The summed E-state index contributed by atoms with van der Waals surface area (Å²) in [6.45, 7) is 3.92. The molecule has 2 rings (SSSR count). The number of rotatable bonds is 3. The van der Waals surface area contributed by atoms with Crippen molar-refractivity contribution in [3.05, 3.63) is 0 Å². The van der Waals surface area contributed by atoms with Gasteiger partial charge in [-0.15, -0.1) is 0 Å². The summed E-state index contributed by atoms with van der Waals surface area (Å²) in [7, 11) is 0. The third kappa shape index (κ3) is 3.65. The van der Waals surface area contributed by atoms with E-state index >= 15 is 0 Å². The molecule has 0 spiro atoms. The van der Waals surface area contributed by atoms with Crippen molar-refractivity contribution in [1.82, 2.24) is 15.1 Å². The summed E-state index contributed by atoms with van der Waals surface area (Å²) in [5.41, 5.74) is -1.10. The number of amides is 2. The van der Waals surface area contributed by atoms with Crippen molar-refractivity contribution in [2.24, 2.45) is 0 Å². The Morgan fingerprint density at radius 2 is 1.67 bits per heavy atom. The molecule has 120 valence electrons. The number of aliphatic carboxylic acids is 1. The Balaban J connectivity index is 1.93. The lowest BCUT2D eigenvalue weighted by atomic mass is 9.82. The summed E-state index contributed by atoms with van der Waals surface area (Å²) in [6, 6.07) is -0.301. The van der Waals surface area contributed by atoms with Crippen LogP contribution in [0.3, 0.4) is 0 Å². The van der Waals surface area contributed by atoms with Gasteiger partial charge in [0.15, 0.2) is 0 Å². The van der Waals surface area contributed by atoms with Crippen molar-refractivity contribution >= 4 is 12.0 Å². The van der Waals surface area contributed by atoms with E-state index in [1.807, 2.05) is 4.90 Å². The first kappa shape index (κ1) is 16.0. The Morgan fingerprint density at radius 1 is 1.10 bits per heavy atom. The number of aliphatic hydroxyl groups excluding tert-OH is 1. The zero-order chi connectivity index (χ0) is 15.5. The second-order valence-electron chi connectivity index (χ2n) is 6.03. The molecule has 1 heterocycles. The average molecular weight is 299 g/mol. The molecule has 7 nitrogen and oxygen atoms in total. The van der Waals surface area contributed by atoms with Crippen LogP contribution in [0.5, 0.6) is 0 Å². The molecule has 0 aromatic heterocycles. The van der Waals surface area contributed by atoms with Gasteiger partial charge in [-0.1, -0.05) is 19.3 Å². The molecule has 1 saturated heterocycles. The molecule has 1 saturated carbocycles. The van der Waals surface area contributed by atoms with Gasteiger partial charge in [0.1, 0.15) is 11.8 Å². The van der Waals surface area contributed by atoms with E-state index in [2.05, 4.69) is 5.32 Å². The molecule has 2 aliphatic rings. The Kier molecular flexibility index (Phi) is 5.05. The second kappa shape index (κ2) is 6.62. The van der Waals surface area contributed by atoms with Crippen molar-refractivity contribution in [2.75, 3.05) is 26.2 Å². The van der Waals surface area contributed by atoms with E-state index in [0.717, 1.165) is 19.3 Å². The van der Waals surface area contributed by atoms with Gasteiger partial charge in [-0.2, -0.15) is 0 Å². The monoisotopic (exact) mass is 299 g/mol. The Bertz CT molecular complexity index is 386. The molecule has 0 aromatic rings. The maximum absolute atomic E-state index is 12.3. The summed E-state index contributed by atoms with van der Waals surface area (Å²) in [4.78, 5) is 27.4. The molecule has 2 fully saturated rings. The minimum atomic E-state index is -1.10. The average Bonchev–Trinajstić information content (AvgIpc) is 2.48. The lowest BCUT2D eigenvalue weighted by Crippen LogP contribution is -2.61. The maximum atomic E-state index is 12.3. The second-order valence-corrected chi connectivity index (χ2v) is 6.03. The smallest absolute Gasteiger partial charge is 0.329 e. The molecule has 0 radical (unpaired) electrons. The fourth-order valence-electron chi connectivity index (χ4n) is 3.13. The molecule has 21 heavy (non-hydrogen) atoms. The van der Waals surface area contributed by atoms with Gasteiger partial charge in [0.25, 0.3) is 0 Å². The van der Waals surface area contributed by atoms with Crippen LogP contribution in [0, 0.1) is 0 Å². The number of hydrogen-bond donors (Lipinski definition) is 3. The first-order valence-electron chi connectivity index (χ1n) is 7.67. The molecule has 0 aromatic carbocycles. The standard InChI is InChI=1S/C14H25N3O4/c1-11(18)16-7-9-17(10-8-16)13(21)15-14(12(19)20)5-3-2-4-6-14/h11,18H,2-10H2,1H3,(H,15,21)(H,19,20). The highest BCUT2D eigenvalue weighted by Crippen LogP contribution is 2.28. The van der Waals surface area contributed by atoms with Gasteiger partial charge >= 0.3 is 12.0 Å². The number of carbonyl (C=O) groups is 2. The van der Waals surface area contributed by atoms with E-state index in [9.17, 15) is 19.8 Å². The van der Waals surface area contributed by atoms with E-state index in [4.69, 9.17) is 0 Å². The van der Waals surface area contributed by atoms with Gasteiger partial charge in [0, 0.05) is 26.2 Å². The number of hydrogen-bond acceptors (Lipinski definition) is 4. The third-order valence-corrected chi connectivity index (χ3v) is 4.59. The van der Waals surface area contributed by atoms with E-state index in [0.29, 0.717) is 39.0 Å². The van der Waals surface area contributed by atoms with Crippen LogP contribution in [-0.2, 0) is 4.79 Å². The fraction of sp³-hybridized carbons (Fsp3) is 0.857. The molecule has 1 aliphatic carbocycles. The first-order chi connectivity index (χ1) is 9.94. The molecular weight excluding hydrogens is 274 g/mol. The molecule has 1 unspecified atom stereocenters. The van der Waals surface area contributed by atoms with Gasteiger partial charge < -0.3 is 20.4 Å². The maximum Gasteiger partial charge on any atom is 0.329 e. The minimum absolute atomic E-state index is 0.301. The number of piperazine rings is 1. The van der Waals surface area contributed by atoms with Crippen molar-refractivity contribution in [3.63, 3.8) is 0 Å². The number of nitrogens with one attached hydrogen (secondary N) is 1. The van der Waals surface area contributed by atoms with E-state index in [1.54, 1.807) is 11.8 Å². The van der Waals surface area contributed by atoms with Crippen LogP contribution in [0.15, 0.2) is 0 Å². The number of aliphatic hydroxyl groups is 1. The number of carboxylic acid groups (broad SMARTS) is 1. The van der Waals surface area contributed by atoms with Crippen LogP contribution in [0.1, 0.15) is 39.0 Å². The summed E-state index contributed by atoms with van der Waals surface area (Å²) in [5, 5.41) is 21.7. The quantitative estimate of drug-likeness (QED) is 0.703. The summed E-state index contributed by atoms with van der Waals surface area (Å²) in [5.74, 6) is -0.932. The molecular formula is C14H25N3O4. The molecule has 3 N–H and O–H groups in total. The van der Waals surface area contributed by atoms with Gasteiger partial charge in [0.2, 0.25) is 0 Å².